The molecule has 0 amide bonds. The van der Waals surface area contributed by atoms with Gasteiger partial charge in [0.1, 0.15) is 10.7 Å². The van der Waals surface area contributed by atoms with Crippen molar-refractivity contribution in [2.75, 3.05) is 0 Å². The van der Waals surface area contributed by atoms with Crippen molar-refractivity contribution in [3.8, 4) is 32.3 Å². The number of nitrogens with zero attached hydrogens (tertiary/aromatic N) is 2. The van der Waals surface area contributed by atoms with Crippen molar-refractivity contribution >= 4 is 11.3 Å². The quantitative estimate of drug-likeness (QED) is 0.336. The van der Waals surface area contributed by atoms with Crippen LogP contribution in [0.5, 0.6) is 0 Å². The Morgan fingerprint density at radius 2 is 1.57 bits per heavy atom. The van der Waals surface area contributed by atoms with Gasteiger partial charge in [0.25, 0.3) is 0 Å². The summed E-state index contributed by atoms with van der Waals surface area (Å²) in [6, 6.07) is 20.0. The monoisotopic (exact) mass is 495 g/mol. The second-order valence-corrected chi connectivity index (χ2v) is 10.5. The molecule has 0 atom stereocenters. The molecule has 4 aromatic rings. The van der Waals surface area contributed by atoms with Gasteiger partial charge in [-0.2, -0.15) is 13.2 Å². The Hall–Kier alpha value is -3.07. The Balaban J connectivity index is 1.56. The van der Waals surface area contributed by atoms with Gasteiger partial charge in [-0.05, 0) is 49.9 Å². The summed E-state index contributed by atoms with van der Waals surface area (Å²) in [5.41, 5.74) is 8.66. The van der Waals surface area contributed by atoms with E-state index in [0.717, 1.165) is 33.3 Å². The normalized spacial score (nSPS) is 22.1. The van der Waals surface area contributed by atoms with Gasteiger partial charge in [-0.25, -0.2) is 9.97 Å². The number of aromatic nitrogens is 2. The topological polar surface area (TPSA) is 72.0 Å². The first-order valence-corrected chi connectivity index (χ1v) is 12.0. The Kier molecular flexibility index (Phi) is 5.58. The third-order valence-electron chi connectivity index (χ3n) is 6.40. The molecule has 3 N–H and O–H groups in total. The number of rotatable bonds is 4. The van der Waals surface area contributed by atoms with E-state index in [1.165, 1.54) is 17.4 Å². The number of hydrogen-bond donors (Lipinski definition) is 2. The van der Waals surface area contributed by atoms with E-state index in [2.05, 4.69) is 4.98 Å². The molecule has 1 aliphatic carbocycles. The summed E-state index contributed by atoms with van der Waals surface area (Å²) in [4.78, 5) is 9.55. The zero-order valence-electron chi connectivity index (χ0n) is 19.2. The van der Waals surface area contributed by atoms with Crippen molar-refractivity contribution in [2.45, 2.75) is 44.0 Å². The van der Waals surface area contributed by atoms with Gasteiger partial charge in [0.15, 0.2) is 0 Å². The van der Waals surface area contributed by atoms with Gasteiger partial charge in [-0.1, -0.05) is 54.6 Å². The maximum absolute atomic E-state index is 13.1. The Morgan fingerprint density at radius 3 is 2.14 bits per heavy atom. The number of aryl methyl sites for hydroxylation is 1. The van der Waals surface area contributed by atoms with Gasteiger partial charge in [0.05, 0.1) is 16.2 Å². The van der Waals surface area contributed by atoms with E-state index in [-0.39, 0.29) is 5.69 Å². The zero-order chi connectivity index (χ0) is 25.0. The standard InChI is InChI=1S/C27H24F3N3OS/c1-16-20(12-13-21(32-16)27(28,29)30)24-33-22(23(35-24)18-6-4-3-5-7-18)17-8-10-19(11-9-17)26(31)14-25(2,34)15-26/h3-13,34H,14-15,31H2,1-2H3/t25-,26+. The minimum absolute atomic E-state index is 0.275. The van der Waals surface area contributed by atoms with Crippen LogP contribution in [-0.2, 0) is 11.7 Å². The lowest BCUT2D eigenvalue weighted by molar-refractivity contribution is -0.141. The highest BCUT2D eigenvalue weighted by Gasteiger charge is 2.49. The predicted octanol–water partition coefficient (Wildman–Crippen LogP) is 6.57. The highest BCUT2D eigenvalue weighted by Crippen LogP contribution is 2.47. The summed E-state index contributed by atoms with van der Waals surface area (Å²) in [6.45, 7) is 3.35. The second kappa shape index (κ2) is 8.26. The molecule has 2 aromatic heterocycles. The minimum atomic E-state index is -4.50. The van der Waals surface area contributed by atoms with Crippen molar-refractivity contribution in [1.29, 1.82) is 0 Å². The van der Waals surface area contributed by atoms with E-state index in [1.807, 2.05) is 54.6 Å². The molecule has 0 bridgehead atoms. The lowest BCUT2D eigenvalue weighted by Crippen LogP contribution is -2.58. The number of aliphatic hydroxyl groups is 1. The lowest BCUT2D eigenvalue weighted by Gasteiger charge is -2.49. The molecular formula is C27H24F3N3OS. The van der Waals surface area contributed by atoms with E-state index in [4.69, 9.17) is 10.7 Å². The zero-order valence-corrected chi connectivity index (χ0v) is 20.0. The molecule has 35 heavy (non-hydrogen) atoms. The summed E-state index contributed by atoms with van der Waals surface area (Å²) in [5, 5.41) is 10.7. The minimum Gasteiger partial charge on any atom is -0.390 e. The number of hydrogen-bond acceptors (Lipinski definition) is 5. The Morgan fingerprint density at radius 1 is 0.914 bits per heavy atom. The molecule has 0 unspecified atom stereocenters. The van der Waals surface area contributed by atoms with Crippen LogP contribution in [0.1, 0.15) is 36.7 Å². The van der Waals surface area contributed by atoms with Gasteiger partial charge in [-0.15, -0.1) is 11.3 Å². The van der Waals surface area contributed by atoms with Gasteiger partial charge in [0.2, 0.25) is 0 Å². The number of alkyl halides is 3. The van der Waals surface area contributed by atoms with Crippen LogP contribution < -0.4 is 5.73 Å². The molecule has 0 saturated heterocycles. The smallest absolute Gasteiger partial charge is 0.390 e. The fraction of sp³-hybridized carbons (Fsp3) is 0.259. The van der Waals surface area contributed by atoms with Gasteiger partial charge >= 0.3 is 6.18 Å². The van der Waals surface area contributed by atoms with Gasteiger partial charge in [-0.3, -0.25) is 0 Å². The van der Waals surface area contributed by atoms with Gasteiger partial charge < -0.3 is 10.8 Å². The molecule has 0 radical (unpaired) electrons. The summed E-state index contributed by atoms with van der Waals surface area (Å²) in [6.07, 6.45) is -3.51. The van der Waals surface area contributed by atoms with Crippen molar-refractivity contribution in [1.82, 2.24) is 9.97 Å². The number of benzene rings is 2. The molecule has 5 rings (SSSR count). The number of halogens is 3. The molecule has 1 fully saturated rings. The average molecular weight is 496 g/mol. The highest BCUT2D eigenvalue weighted by molar-refractivity contribution is 7.19. The van der Waals surface area contributed by atoms with Crippen LogP contribution in [0.3, 0.4) is 0 Å². The summed E-state index contributed by atoms with van der Waals surface area (Å²) in [7, 11) is 0. The largest absolute Gasteiger partial charge is 0.433 e. The van der Waals surface area contributed by atoms with Crippen LogP contribution in [0.4, 0.5) is 13.2 Å². The summed E-state index contributed by atoms with van der Waals surface area (Å²) >= 11 is 1.42. The van der Waals surface area contributed by atoms with Crippen LogP contribution in [-0.4, -0.2) is 20.7 Å². The predicted molar refractivity (Wildman–Crippen MR) is 132 cm³/mol. The molecular weight excluding hydrogens is 471 g/mol. The second-order valence-electron chi connectivity index (χ2n) is 9.47. The maximum Gasteiger partial charge on any atom is 0.433 e. The fourth-order valence-corrected chi connectivity index (χ4v) is 6.00. The number of pyridine rings is 1. The maximum atomic E-state index is 13.1. The van der Waals surface area contributed by atoms with E-state index in [0.29, 0.717) is 23.4 Å². The van der Waals surface area contributed by atoms with Crippen LogP contribution >= 0.6 is 11.3 Å². The fourth-order valence-electron chi connectivity index (χ4n) is 4.83. The van der Waals surface area contributed by atoms with Crippen LogP contribution in [0.25, 0.3) is 32.3 Å². The van der Waals surface area contributed by atoms with Crippen molar-refractivity contribution in [2.24, 2.45) is 5.73 Å². The molecule has 1 saturated carbocycles. The van der Waals surface area contributed by atoms with E-state index >= 15 is 0 Å². The van der Waals surface area contributed by atoms with Crippen LogP contribution in [0.15, 0.2) is 66.7 Å². The molecule has 1 aliphatic rings. The molecule has 0 aliphatic heterocycles. The third-order valence-corrected chi connectivity index (χ3v) is 7.53. The average Bonchev–Trinajstić information content (AvgIpc) is 3.23. The molecule has 4 nitrogen and oxygen atoms in total. The molecule has 0 spiro atoms. The summed E-state index contributed by atoms with van der Waals surface area (Å²) < 4.78 is 39.3. The van der Waals surface area contributed by atoms with Crippen molar-refractivity contribution in [3.05, 3.63) is 83.7 Å². The molecule has 8 heteroatoms. The Labute approximate surface area is 205 Å². The molecule has 2 aromatic carbocycles. The number of thiazole rings is 1. The van der Waals surface area contributed by atoms with E-state index in [9.17, 15) is 18.3 Å². The van der Waals surface area contributed by atoms with Crippen molar-refractivity contribution in [3.63, 3.8) is 0 Å². The summed E-state index contributed by atoms with van der Waals surface area (Å²) in [5.74, 6) is 0. The van der Waals surface area contributed by atoms with Crippen LogP contribution in [0.2, 0.25) is 0 Å². The first kappa shape index (κ1) is 23.7. The molecule has 180 valence electrons. The SMILES string of the molecule is Cc1nc(C(F)(F)F)ccc1-c1nc(-c2ccc([C@]3(N)C[C@@](C)(O)C3)cc2)c(-c2ccccc2)s1. The molecule has 2 heterocycles. The first-order valence-electron chi connectivity index (χ1n) is 11.2. The van der Waals surface area contributed by atoms with E-state index < -0.39 is 23.0 Å². The van der Waals surface area contributed by atoms with Gasteiger partial charge in [0, 0.05) is 22.4 Å². The van der Waals surface area contributed by atoms with Crippen LogP contribution in [0, 0.1) is 6.92 Å². The Bertz CT molecular complexity index is 1370. The lowest BCUT2D eigenvalue weighted by atomic mass is 9.63. The first-order chi connectivity index (χ1) is 16.5. The van der Waals surface area contributed by atoms with Crippen molar-refractivity contribution < 1.29 is 18.3 Å². The van der Waals surface area contributed by atoms with E-state index in [1.54, 1.807) is 13.8 Å². The third kappa shape index (κ3) is 4.49. The highest BCUT2D eigenvalue weighted by atomic mass is 32.1. The number of nitrogens with two attached hydrogens (primary N) is 1.